The van der Waals surface area contributed by atoms with Crippen LogP contribution in [0, 0.1) is 41.8 Å². The summed E-state index contributed by atoms with van der Waals surface area (Å²) in [5.74, 6) is -5.85. The van der Waals surface area contributed by atoms with E-state index in [1.807, 2.05) is 6.08 Å². The normalized spacial score (nSPS) is 29.0. The van der Waals surface area contributed by atoms with Gasteiger partial charge in [-0.15, -0.1) is 0 Å². The van der Waals surface area contributed by atoms with Gasteiger partial charge in [0.1, 0.15) is 11.6 Å². The molecule has 2 heterocycles. The summed E-state index contributed by atoms with van der Waals surface area (Å²) in [6.45, 7) is 7.25. The molecule has 4 aliphatic rings. The Labute approximate surface area is 264 Å². The Hall–Kier alpha value is -4.56. The van der Waals surface area contributed by atoms with Crippen molar-refractivity contribution in [2.75, 3.05) is 9.80 Å². The molecule has 2 aliphatic carbocycles. The first-order valence-electron chi connectivity index (χ1n) is 14.9. The zero-order valence-corrected chi connectivity index (χ0v) is 25.4. The Balaban J connectivity index is 1.37. The van der Waals surface area contributed by atoms with Gasteiger partial charge in [-0.05, 0) is 74.1 Å². The number of carbonyl (C=O) groups excluding carboxylic acids is 4. The zero-order chi connectivity index (χ0) is 31.9. The monoisotopic (exact) mass is 624 g/mol. The molecule has 3 aromatic carbocycles. The minimum atomic E-state index is -1.34. The molecular formula is C36H30ClFN2O5. The summed E-state index contributed by atoms with van der Waals surface area (Å²) in [6, 6.07) is 16.0. The molecule has 0 bridgehead atoms. The number of amides is 4. The molecule has 0 aromatic heterocycles. The number of benzene rings is 3. The third-order valence-corrected chi connectivity index (χ3v) is 10.7. The number of phenolic OH excluding ortho intramolecular Hbond substituents is 1. The first-order chi connectivity index (χ1) is 21.5. The van der Waals surface area contributed by atoms with Crippen LogP contribution in [0.5, 0.6) is 5.75 Å². The highest BCUT2D eigenvalue weighted by Crippen LogP contribution is 2.64. The Morgan fingerprint density at radius 2 is 1.67 bits per heavy atom. The van der Waals surface area contributed by atoms with E-state index < -0.39 is 52.6 Å². The molecular weight excluding hydrogens is 595 g/mol. The number of hydrogen-bond donors (Lipinski definition) is 1. The molecule has 6 atom stereocenters. The van der Waals surface area contributed by atoms with Gasteiger partial charge in [-0.1, -0.05) is 66.2 Å². The van der Waals surface area contributed by atoms with Gasteiger partial charge in [0.05, 0.1) is 39.6 Å². The van der Waals surface area contributed by atoms with Crippen LogP contribution >= 0.6 is 11.6 Å². The molecule has 2 aliphatic heterocycles. The van der Waals surface area contributed by atoms with Crippen molar-refractivity contribution in [3.63, 3.8) is 0 Å². The summed E-state index contributed by atoms with van der Waals surface area (Å²) >= 11 is 6.06. The second-order valence-corrected chi connectivity index (χ2v) is 13.0. The van der Waals surface area contributed by atoms with Crippen LogP contribution in [0.4, 0.5) is 15.8 Å². The lowest BCUT2D eigenvalue weighted by Crippen LogP contribution is -2.49. The average molecular weight is 625 g/mol. The average Bonchev–Trinajstić information content (AvgIpc) is 3.40. The molecule has 0 radical (unpaired) electrons. The van der Waals surface area contributed by atoms with Crippen molar-refractivity contribution < 1.29 is 28.7 Å². The third-order valence-electron chi connectivity index (χ3n) is 10.4. The van der Waals surface area contributed by atoms with Gasteiger partial charge < -0.3 is 5.11 Å². The van der Waals surface area contributed by atoms with E-state index in [0.717, 1.165) is 22.1 Å². The van der Waals surface area contributed by atoms with E-state index in [9.17, 15) is 28.7 Å². The lowest BCUT2D eigenvalue weighted by atomic mass is 9.51. The van der Waals surface area contributed by atoms with Gasteiger partial charge in [0.15, 0.2) is 0 Å². The first kappa shape index (κ1) is 29.2. The summed E-state index contributed by atoms with van der Waals surface area (Å²) in [5.41, 5.74) is 1.96. The molecule has 7 rings (SSSR count). The molecule has 45 heavy (non-hydrogen) atoms. The summed E-state index contributed by atoms with van der Waals surface area (Å²) in [4.78, 5) is 59.0. The molecule has 7 nitrogen and oxygen atoms in total. The Morgan fingerprint density at radius 1 is 0.956 bits per heavy atom. The van der Waals surface area contributed by atoms with E-state index in [1.54, 1.807) is 62.4 Å². The van der Waals surface area contributed by atoms with Gasteiger partial charge in [0.25, 0.3) is 0 Å². The molecule has 9 heteroatoms. The maximum atomic E-state index is 14.5. The maximum Gasteiger partial charge on any atom is 0.241 e. The van der Waals surface area contributed by atoms with Crippen LogP contribution in [0.25, 0.3) is 6.08 Å². The van der Waals surface area contributed by atoms with E-state index in [0.29, 0.717) is 16.8 Å². The van der Waals surface area contributed by atoms with Crippen LogP contribution in [0.2, 0.25) is 5.02 Å². The highest BCUT2D eigenvalue weighted by molar-refractivity contribution is 6.32. The molecule has 3 aromatic rings. The fourth-order valence-corrected chi connectivity index (χ4v) is 8.33. The fraction of sp³-hybridized carbons (Fsp3) is 0.278. The summed E-state index contributed by atoms with van der Waals surface area (Å²) in [5, 5.41) is 11.1. The summed E-state index contributed by atoms with van der Waals surface area (Å²) in [6.07, 6.45) is 4.05. The minimum Gasteiger partial charge on any atom is -0.507 e. The summed E-state index contributed by atoms with van der Waals surface area (Å²) < 4.78 is 14.1. The predicted octanol–water partition coefficient (Wildman–Crippen LogP) is 6.57. The van der Waals surface area contributed by atoms with Gasteiger partial charge in [0.2, 0.25) is 23.6 Å². The molecule has 228 valence electrons. The molecule has 1 N–H and O–H groups in total. The van der Waals surface area contributed by atoms with Crippen LogP contribution in [0.3, 0.4) is 0 Å². The second-order valence-electron chi connectivity index (χ2n) is 12.6. The van der Waals surface area contributed by atoms with Crippen molar-refractivity contribution >= 4 is 52.7 Å². The number of carbonyl (C=O) groups is 4. The predicted molar refractivity (Wildman–Crippen MR) is 168 cm³/mol. The van der Waals surface area contributed by atoms with Crippen molar-refractivity contribution in [1.29, 1.82) is 0 Å². The first-order valence-corrected chi connectivity index (χ1v) is 15.3. The van der Waals surface area contributed by atoms with Crippen LogP contribution in [0.15, 0.2) is 78.9 Å². The molecule has 2 saturated heterocycles. The van der Waals surface area contributed by atoms with Crippen molar-refractivity contribution in [2.45, 2.75) is 32.6 Å². The number of hydrogen-bond acceptors (Lipinski definition) is 5. The van der Waals surface area contributed by atoms with Gasteiger partial charge in [-0.3, -0.25) is 24.1 Å². The molecule has 1 saturated carbocycles. The van der Waals surface area contributed by atoms with E-state index in [1.165, 1.54) is 17.0 Å². The minimum absolute atomic E-state index is 0.00688. The maximum absolute atomic E-state index is 14.5. The van der Waals surface area contributed by atoms with E-state index in [-0.39, 0.29) is 41.1 Å². The smallest absolute Gasteiger partial charge is 0.241 e. The van der Waals surface area contributed by atoms with Crippen LogP contribution in [-0.2, 0) is 19.2 Å². The quantitative estimate of drug-likeness (QED) is 0.262. The highest BCUT2D eigenvalue weighted by Gasteiger charge is 2.68. The number of imide groups is 2. The Morgan fingerprint density at radius 3 is 2.36 bits per heavy atom. The molecule has 3 fully saturated rings. The van der Waals surface area contributed by atoms with Crippen LogP contribution in [-0.4, -0.2) is 28.7 Å². The van der Waals surface area contributed by atoms with E-state index in [4.69, 9.17) is 11.6 Å². The topological polar surface area (TPSA) is 95.0 Å². The number of aryl methyl sites for hydroxylation is 1. The number of fused-ring (bicyclic) bond motifs is 4. The largest absolute Gasteiger partial charge is 0.507 e. The Bertz CT molecular complexity index is 1870. The number of allylic oxidation sites excluding steroid dienone is 2. The van der Waals surface area contributed by atoms with Crippen molar-refractivity contribution in [1.82, 2.24) is 0 Å². The molecule has 0 unspecified atom stereocenters. The van der Waals surface area contributed by atoms with Gasteiger partial charge in [0, 0.05) is 11.5 Å². The number of halogens is 2. The summed E-state index contributed by atoms with van der Waals surface area (Å²) in [7, 11) is 0. The van der Waals surface area contributed by atoms with E-state index in [2.05, 4.69) is 6.58 Å². The molecule has 0 spiro atoms. The number of nitrogens with zero attached hydrogens (tertiary/aromatic N) is 2. The van der Waals surface area contributed by atoms with Gasteiger partial charge in [-0.2, -0.15) is 0 Å². The van der Waals surface area contributed by atoms with Crippen molar-refractivity contribution in [2.24, 2.45) is 29.1 Å². The third kappa shape index (κ3) is 4.01. The van der Waals surface area contributed by atoms with Gasteiger partial charge in [-0.25, -0.2) is 9.29 Å². The van der Waals surface area contributed by atoms with Gasteiger partial charge >= 0.3 is 0 Å². The number of rotatable bonds is 4. The SMILES string of the molecule is C=Cc1ccc(N2C(=O)[C@H]3[C@H](CC=C4[C@H]3C[C@H]3C(=O)N(c5ccc(F)c(Cl)c5)C(=O)[C@@]3(C)[C@H]4c3cccc(C)c3O)C2=O)cc1. The van der Waals surface area contributed by atoms with Crippen molar-refractivity contribution in [3.05, 3.63) is 106 Å². The van der Waals surface area contributed by atoms with Crippen LogP contribution < -0.4 is 9.80 Å². The fourth-order valence-electron chi connectivity index (χ4n) is 8.16. The van der Waals surface area contributed by atoms with E-state index >= 15 is 0 Å². The lowest BCUT2D eigenvalue weighted by Gasteiger charge is -2.49. The molecule has 4 amide bonds. The van der Waals surface area contributed by atoms with Crippen molar-refractivity contribution in [3.8, 4) is 5.75 Å². The highest BCUT2D eigenvalue weighted by atomic mass is 35.5. The number of aromatic hydroxyl groups is 1. The second kappa shape index (κ2) is 10.2. The number of para-hydroxylation sites is 1. The zero-order valence-electron chi connectivity index (χ0n) is 24.7. The lowest BCUT2D eigenvalue weighted by molar-refractivity contribution is -0.131. The number of anilines is 2. The van der Waals surface area contributed by atoms with Crippen LogP contribution in [0.1, 0.15) is 42.4 Å². The standard InChI is InChI=1S/C36H30ClFN2O5/c1-4-19-8-10-20(11-9-19)39-32(42)23-14-13-22-25(29(23)34(39)44)17-26-33(43)40(21-12-15-28(38)27(37)16-21)35(45)36(26,3)30(22)24-7-5-6-18(2)31(24)41/h4-13,15-16,23,25-26,29-30,41H,1,14,17H2,2-3H3/t23-,25+,26-,29-,30+,36+/m0/s1. The number of phenols is 1. The Kier molecular flexibility index (Phi) is 6.64.